The SMILES string of the molecule is CC(C)O.CCC(C)C(C(CC(=O)N1CCCC1C(OC)C(C)C(=O)NCc1nccs1)OC)N(C)C(=O)CNC(=O)C(C(C)C)N(C)C.Cc1ccccc1. The number of aryl methyl sites for hydroxylation is 1. The fourth-order valence-electron chi connectivity index (χ4n) is 7.05. The summed E-state index contributed by atoms with van der Waals surface area (Å²) >= 11 is 1.48. The molecule has 1 aliphatic rings. The highest BCUT2D eigenvalue weighted by atomic mass is 32.1. The van der Waals surface area contributed by atoms with Gasteiger partial charge in [-0.15, -0.1) is 11.3 Å². The van der Waals surface area contributed by atoms with E-state index in [0.29, 0.717) is 13.1 Å². The van der Waals surface area contributed by atoms with Gasteiger partial charge in [0.2, 0.25) is 23.6 Å². The van der Waals surface area contributed by atoms with Crippen molar-refractivity contribution in [2.45, 2.75) is 124 Å². The number of ether oxygens (including phenoxy) is 2. The maximum absolute atomic E-state index is 13.9. The number of aliphatic hydroxyl groups is 1. The summed E-state index contributed by atoms with van der Waals surface area (Å²) in [5, 5.41) is 16.5. The fraction of sp³-hybridized carbons (Fsp3) is 0.690. The number of amides is 4. The number of methoxy groups -OCH3 is 2. The molecule has 1 aromatic carbocycles. The first-order valence-corrected chi connectivity index (χ1v) is 20.7. The van der Waals surface area contributed by atoms with E-state index in [4.69, 9.17) is 14.6 Å². The number of nitrogens with zero attached hydrogens (tertiary/aromatic N) is 4. The third-order valence-electron chi connectivity index (χ3n) is 10.0. The van der Waals surface area contributed by atoms with Gasteiger partial charge in [0.05, 0.1) is 55.8 Å². The van der Waals surface area contributed by atoms with E-state index in [-0.39, 0.29) is 66.6 Å². The number of nitrogens with one attached hydrogen (secondary N) is 2. The fourth-order valence-corrected chi connectivity index (χ4v) is 7.61. The predicted octanol–water partition coefficient (Wildman–Crippen LogP) is 4.76. The van der Waals surface area contributed by atoms with E-state index in [1.807, 2.05) is 82.1 Å². The molecule has 1 saturated heterocycles. The molecule has 13 nitrogen and oxygen atoms in total. The molecule has 2 aromatic rings. The first-order chi connectivity index (χ1) is 26.4. The first-order valence-electron chi connectivity index (χ1n) is 19.8. The summed E-state index contributed by atoms with van der Waals surface area (Å²) in [7, 11) is 8.53. The van der Waals surface area contributed by atoms with Crippen molar-refractivity contribution in [1.82, 2.24) is 30.3 Å². The topological polar surface area (TPSA) is 154 Å². The van der Waals surface area contributed by atoms with Crippen LogP contribution in [-0.2, 0) is 35.2 Å². The number of thiazole rings is 1. The van der Waals surface area contributed by atoms with Gasteiger partial charge in [-0.2, -0.15) is 0 Å². The molecule has 0 bridgehead atoms. The molecule has 7 unspecified atom stereocenters. The number of rotatable bonds is 18. The molecular formula is C42H72N6O7S. The number of benzene rings is 1. The van der Waals surface area contributed by atoms with Crippen molar-refractivity contribution in [2.75, 3.05) is 48.5 Å². The number of likely N-dealkylation sites (N-methyl/N-ethyl adjacent to an activating group) is 2. The Morgan fingerprint density at radius 2 is 1.61 bits per heavy atom. The molecule has 0 saturated carbocycles. The quantitative estimate of drug-likeness (QED) is 0.194. The largest absolute Gasteiger partial charge is 0.394 e. The highest BCUT2D eigenvalue weighted by Gasteiger charge is 2.42. The first kappa shape index (κ1) is 50.6. The smallest absolute Gasteiger partial charge is 0.242 e. The molecule has 0 radical (unpaired) electrons. The van der Waals surface area contributed by atoms with E-state index in [1.165, 1.54) is 16.9 Å². The van der Waals surface area contributed by atoms with Crippen LogP contribution >= 0.6 is 11.3 Å². The Balaban J connectivity index is 0.00000123. The molecular weight excluding hydrogens is 733 g/mol. The zero-order chi connectivity index (χ0) is 42.5. The number of aliphatic hydroxyl groups excluding tert-OH is 1. The Kier molecular flexibility index (Phi) is 23.9. The maximum atomic E-state index is 13.9. The summed E-state index contributed by atoms with van der Waals surface area (Å²) < 4.78 is 11.7. The van der Waals surface area contributed by atoms with Crippen LogP contribution in [0.4, 0.5) is 0 Å². The molecule has 56 heavy (non-hydrogen) atoms. The van der Waals surface area contributed by atoms with Gasteiger partial charge in [-0.25, -0.2) is 4.98 Å². The van der Waals surface area contributed by atoms with Gasteiger partial charge in [-0.05, 0) is 59.5 Å². The number of likely N-dealkylation sites (tertiary alicyclic amines) is 1. The lowest BCUT2D eigenvalue weighted by Gasteiger charge is -2.39. The number of hydrogen-bond donors (Lipinski definition) is 3. The molecule has 0 aliphatic carbocycles. The summed E-state index contributed by atoms with van der Waals surface area (Å²) in [6.45, 7) is 16.1. The minimum absolute atomic E-state index is 0.0280. The third kappa shape index (κ3) is 17.0. The van der Waals surface area contributed by atoms with Crippen LogP contribution in [0.1, 0.15) is 84.7 Å². The van der Waals surface area contributed by atoms with Crippen molar-refractivity contribution in [1.29, 1.82) is 0 Å². The average Bonchev–Trinajstić information content (AvgIpc) is 3.86. The van der Waals surface area contributed by atoms with E-state index in [1.54, 1.807) is 46.2 Å². The zero-order valence-corrected chi connectivity index (χ0v) is 37.1. The monoisotopic (exact) mass is 805 g/mol. The average molecular weight is 805 g/mol. The van der Waals surface area contributed by atoms with Gasteiger partial charge in [-0.3, -0.25) is 24.1 Å². The van der Waals surface area contributed by atoms with Gasteiger partial charge in [0.15, 0.2) is 0 Å². The molecule has 2 heterocycles. The van der Waals surface area contributed by atoms with Crippen LogP contribution < -0.4 is 10.6 Å². The van der Waals surface area contributed by atoms with Crippen LogP contribution in [0, 0.1) is 24.7 Å². The molecule has 14 heteroatoms. The molecule has 0 spiro atoms. The van der Waals surface area contributed by atoms with E-state index in [0.717, 1.165) is 24.3 Å². The lowest BCUT2D eigenvalue weighted by atomic mass is 9.90. The van der Waals surface area contributed by atoms with Gasteiger partial charge in [0, 0.05) is 45.5 Å². The summed E-state index contributed by atoms with van der Waals surface area (Å²) in [6, 6.07) is 9.26. The van der Waals surface area contributed by atoms with E-state index in [9.17, 15) is 19.2 Å². The van der Waals surface area contributed by atoms with Crippen molar-refractivity contribution >= 4 is 35.0 Å². The minimum atomic E-state index is -0.566. The third-order valence-corrected chi connectivity index (χ3v) is 10.8. The number of aromatic nitrogens is 1. The van der Waals surface area contributed by atoms with Crippen molar-refractivity contribution in [2.24, 2.45) is 17.8 Å². The van der Waals surface area contributed by atoms with Gasteiger partial charge in [-0.1, -0.05) is 76.9 Å². The standard InChI is InChI=1S/C32H56N6O6S.C7H8.C3H8O/c1-11-21(4)29(37(8)27(40)19-35-32(42)28(20(2)3)36(6)7)24(43-9)17-26(39)38-15-12-13-23(38)30(44-10)22(5)31(41)34-18-25-33-14-16-45-25;1-7-5-3-2-4-6-7;1-3(2)4/h14,16,20-24,28-30H,11-13,15,17-19H2,1-10H3,(H,34,41)(H,35,42);2-6H,1H3;3-4H,1-2H3. The number of carbonyl (C=O) groups excluding carboxylic acids is 4. The van der Waals surface area contributed by atoms with Crippen LogP contribution in [0.3, 0.4) is 0 Å². The number of hydrogen-bond acceptors (Lipinski definition) is 10. The van der Waals surface area contributed by atoms with Crippen LogP contribution in [0.5, 0.6) is 0 Å². The van der Waals surface area contributed by atoms with Crippen molar-refractivity contribution in [3.8, 4) is 0 Å². The second kappa shape index (κ2) is 26.5. The Bertz CT molecular complexity index is 1400. The highest BCUT2D eigenvalue weighted by molar-refractivity contribution is 7.09. The van der Waals surface area contributed by atoms with Gasteiger partial charge < -0.3 is 35.0 Å². The van der Waals surface area contributed by atoms with Gasteiger partial charge >= 0.3 is 0 Å². The van der Waals surface area contributed by atoms with Crippen molar-refractivity contribution in [3.05, 3.63) is 52.5 Å². The molecule has 4 amide bonds. The van der Waals surface area contributed by atoms with Crippen LogP contribution in [0.15, 0.2) is 41.9 Å². The maximum Gasteiger partial charge on any atom is 0.242 e. The van der Waals surface area contributed by atoms with Crippen LogP contribution in [0.2, 0.25) is 0 Å². The molecule has 3 N–H and O–H groups in total. The molecule has 1 aliphatic heterocycles. The lowest BCUT2D eigenvalue weighted by Crippen LogP contribution is -2.55. The predicted molar refractivity (Wildman–Crippen MR) is 224 cm³/mol. The van der Waals surface area contributed by atoms with Crippen molar-refractivity contribution < 1.29 is 33.8 Å². The summed E-state index contributed by atoms with van der Waals surface area (Å²) in [4.78, 5) is 62.6. The summed E-state index contributed by atoms with van der Waals surface area (Å²) in [5.74, 6) is -1.08. The normalized spacial score (nSPS) is 17.1. The highest BCUT2D eigenvalue weighted by Crippen LogP contribution is 2.29. The Morgan fingerprint density at radius 1 is 0.982 bits per heavy atom. The molecule has 1 fully saturated rings. The Hall–Kier alpha value is -3.43. The van der Waals surface area contributed by atoms with Gasteiger partial charge in [0.1, 0.15) is 5.01 Å². The summed E-state index contributed by atoms with van der Waals surface area (Å²) in [5.41, 5.74) is 1.32. The number of carbonyl (C=O) groups is 4. The van der Waals surface area contributed by atoms with E-state index < -0.39 is 24.2 Å². The molecule has 3 rings (SSSR count). The van der Waals surface area contributed by atoms with Crippen LogP contribution in [0.25, 0.3) is 0 Å². The molecule has 1 aromatic heterocycles. The van der Waals surface area contributed by atoms with Gasteiger partial charge in [0.25, 0.3) is 0 Å². The molecule has 7 atom stereocenters. The minimum Gasteiger partial charge on any atom is -0.394 e. The second-order valence-electron chi connectivity index (χ2n) is 15.4. The lowest BCUT2D eigenvalue weighted by molar-refractivity contribution is -0.146. The van der Waals surface area contributed by atoms with Crippen LogP contribution in [-0.4, -0.2) is 133 Å². The van der Waals surface area contributed by atoms with E-state index >= 15 is 0 Å². The molecule has 318 valence electrons. The Labute approximate surface area is 340 Å². The second-order valence-corrected chi connectivity index (χ2v) is 16.4. The summed E-state index contributed by atoms with van der Waals surface area (Å²) in [6.07, 6.45) is 2.86. The van der Waals surface area contributed by atoms with E-state index in [2.05, 4.69) is 34.7 Å². The zero-order valence-electron chi connectivity index (χ0n) is 36.3. The van der Waals surface area contributed by atoms with Crippen molar-refractivity contribution in [3.63, 3.8) is 0 Å². The Morgan fingerprint density at radius 3 is 2.07 bits per heavy atom.